The molecule has 1 atom stereocenters. The van der Waals surface area contributed by atoms with Gasteiger partial charge in [0, 0.05) is 28.7 Å². The largest absolute Gasteiger partial charge is 0.354 e. The second-order valence-corrected chi connectivity index (χ2v) is 11.3. The summed E-state index contributed by atoms with van der Waals surface area (Å²) < 4.78 is 26.2. The second-order valence-electron chi connectivity index (χ2n) is 7.78. The maximum absolute atomic E-state index is 13.7. The molecule has 1 N–H and O–H groups in total. The van der Waals surface area contributed by atoms with Gasteiger partial charge in [-0.1, -0.05) is 72.4 Å². The summed E-state index contributed by atoms with van der Waals surface area (Å²) >= 11 is 25.0. The summed E-state index contributed by atoms with van der Waals surface area (Å²) in [6.07, 6.45) is 1.94. The number of halogens is 4. The molecule has 0 spiro atoms. The van der Waals surface area contributed by atoms with E-state index in [1.165, 1.54) is 23.1 Å². The lowest BCUT2D eigenvalue weighted by Crippen LogP contribution is -2.52. The minimum atomic E-state index is -3.95. The Morgan fingerprint density at radius 2 is 1.54 bits per heavy atom. The van der Waals surface area contributed by atoms with Crippen LogP contribution in [0.4, 0.5) is 5.69 Å². The summed E-state index contributed by atoms with van der Waals surface area (Å²) in [5.41, 5.74) is 0.492. The van der Waals surface area contributed by atoms with Crippen LogP contribution in [-0.4, -0.2) is 50.5 Å². The van der Waals surface area contributed by atoms with Crippen molar-refractivity contribution in [3.63, 3.8) is 0 Å². The molecule has 0 aliphatic heterocycles. The first-order valence-electron chi connectivity index (χ1n) is 10.8. The van der Waals surface area contributed by atoms with E-state index in [9.17, 15) is 18.0 Å². The maximum atomic E-state index is 13.7. The predicted octanol–water partition coefficient (Wildman–Crippen LogP) is 5.40. The Kier molecular flexibility index (Phi) is 11.0. The van der Waals surface area contributed by atoms with Gasteiger partial charge in [-0.25, -0.2) is 8.42 Å². The highest BCUT2D eigenvalue weighted by Crippen LogP contribution is 2.34. The lowest BCUT2D eigenvalue weighted by Gasteiger charge is -2.33. The molecule has 0 heterocycles. The highest BCUT2D eigenvalue weighted by molar-refractivity contribution is 7.92. The molecule has 0 fully saturated rings. The summed E-state index contributed by atoms with van der Waals surface area (Å²) in [5, 5.41) is 3.55. The van der Waals surface area contributed by atoms with Crippen LogP contribution in [0.3, 0.4) is 0 Å². The van der Waals surface area contributed by atoms with E-state index in [0.717, 1.165) is 10.6 Å². The number of carbonyl (C=O) groups excluding carboxylic acids is 2. The van der Waals surface area contributed by atoms with Gasteiger partial charge in [-0.2, -0.15) is 0 Å². The fourth-order valence-corrected chi connectivity index (χ4v) is 5.24. The highest BCUT2D eigenvalue weighted by atomic mass is 35.5. The Bertz CT molecular complexity index is 1160. The van der Waals surface area contributed by atoms with Crippen LogP contribution in [-0.2, 0) is 26.2 Å². The quantitative estimate of drug-likeness (QED) is 0.384. The van der Waals surface area contributed by atoms with Crippen molar-refractivity contribution in [3.8, 4) is 0 Å². The molecule has 35 heavy (non-hydrogen) atoms. The molecule has 0 radical (unpaired) electrons. The minimum absolute atomic E-state index is 0.0131. The molecular formula is C23H27Cl4N3O4S. The van der Waals surface area contributed by atoms with E-state index in [2.05, 4.69) is 5.32 Å². The smallest absolute Gasteiger partial charge is 0.244 e. The van der Waals surface area contributed by atoms with Crippen LogP contribution >= 0.6 is 46.4 Å². The Balaban J connectivity index is 2.53. The van der Waals surface area contributed by atoms with Crippen molar-refractivity contribution in [2.45, 2.75) is 39.3 Å². The van der Waals surface area contributed by atoms with Gasteiger partial charge in [-0.05, 0) is 37.1 Å². The third kappa shape index (κ3) is 7.64. The molecule has 7 nitrogen and oxygen atoms in total. The number of hydrogen-bond acceptors (Lipinski definition) is 4. The second kappa shape index (κ2) is 13.0. The number of nitrogens with one attached hydrogen (secondary N) is 1. The van der Waals surface area contributed by atoms with Gasteiger partial charge >= 0.3 is 0 Å². The lowest BCUT2D eigenvalue weighted by atomic mass is 10.1. The topological polar surface area (TPSA) is 86.8 Å². The van der Waals surface area contributed by atoms with Crippen LogP contribution in [0.1, 0.15) is 32.3 Å². The molecule has 12 heteroatoms. The molecule has 0 unspecified atom stereocenters. The van der Waals surface area contributed by atoms with E-state index in [1.807, 2.05) is 6.92 Å². The summed E-state index contributed by atoms with van der Waals surface area (Å²) in [7, 11) is -3.95. The monoisotopic (exact) mass is 581 g/mol. The Labute approximate surface area is 226 Å². The number of anilines is 1. The number of amides is 2. The van der Waals surface area contributed by atoms with Crippen LogP contribution in [0.5, 0.6) is 0 Å². The average Bonchev–Trinajstić information content (AvgIpc) is 2.79. The van der Waals surface area contributed by atoms with E-state index in [0.29, 0.717) is 28.6 Å². The van der Waals surface area contributed by atoms with Gasteiger partial charge in [-0.3, -0.25) is 13.9 Å². The first-order chi connectivity index (χ1) is 16.4. The number of benzene rings is 2. The molecule has 2 aromatic carbocycles. The van der Waals surface area contributed by atoms with Crippen molar-refractivity contribution in [3.05, 3.63) is 62.1 Å². The normalized spacial score (nSPS) is 12.2. The first kappa shape index (κ1) is 29.5. The summed E-state index contributed by atoms with van der Waals surface area (Å²) in [6, 6.07) is 8.50. The third-order valence-corrected chi connectivity index (χ3v) is 7.85. The average molecular weight is 583 g/mol. The molecule has 0 aromatic heterocycles. The van der Waals surface area contributed by atoms with Gasteiger partial charge in [0.15, 0.2) is 0 Å². The standard InChI is InChI=1S/C23H27Cl4N3O4S/c1-4-12-28-23(32)19(5-2)29(13-15-16(24)8-6-9-17(15)25)21(31)14-30(35(3,33)34)20-11-7-10-18(26)22(20)27/h6-11,19H,4-5,12-14H2,1-3H3,(H,28,32)/t19-/m1/s1. The Morgan fingerprint density at radius 3 is 2.09 bits per heavy atom. The van der Waals surface area contributed by atoms with Crippen molar-refractivity contribution in [2.75, 3.05) is 23.7 Å². The van der Waals surface area contributed by atoms with Crippen molar-refractivity contribution in [1.82, 2.24) is 10.2 Å². The third-order valence-electron chi connectivity index (χ3n) is 5.20. The molecule has 0 saturated heterocycles. The molecule has 0 bridgehead atoms. The zero-order chi connectivity index (χ0) is 26.3. The van der Waals surface area contributed by atoms with Crippen molar-refractivity contribution in [1.29, 1.82) is 0 Å². The number of carbonyl (C=O) groups is 2. The van der Waals surface area contributed by atoms with Gasteiger partial charge in [0.25, 0.3) is 0 Å². The molecule has 2 amide bonds. The zero-order valence-corrected chi connectivity index (χ0v) is 23.4. The van der Waals surface area contributed by atoms with Gasteiger partial charge in [-0.15, -0.1) is 0 Å². The van der Waals surface area contributed by atoms with Crippen molar-refractivity contribution < 1.29 is 18.0 Å². The van der Waals surface area contributed by atoms with Crippen molar-refractivity contribution >= 4 is 73.9 Å². The summed E-state index contributed by atoms with van der Waals surface area (Å²) in [6.45, 7) is 3.38. The van der Waals surface area contributed by atoms with Crippen LogP contribution in [0, 0.1) is 0 Å². The summed E-state index contributed by atoms with van der Waals surface area (Å²) in [5.74, 6) is -1.00. The van der Waals surface area contributed by atoms with Crippen LogP contribution < -0.4 is 9.62 Å². The Morgan fingerprint density at radius 1 is 0.971 bits per heavy atom. The molecule has 192 valence electrons. The first-order valence-corrected chi connectivity index (χ1v) is 14.2. The number of sulfonamides is 1. The van der Waals surface area contributed by atoms with Crippen LogP contribution in [0.15, 0.2) is 36.4 Å². The molecule has 2 aromatic rings. The van der Waals surface area contributed by atoms with Gasteiger partial charge in [0.1, 0.15) is 12.6 Å². The van der Waals surface area contributed by atoms with E-state index in [-0.39, 0.29) is 34.6 Å². The molecule has 0 saturated carbocycles. The van der Waals surface area contributed by atoms with Gasteiger partial charge in [0.05, 0.1) is 22.0 Å². The van der Waals surface area contributed by atoms with Crippen molar-refractivity contribution in [2.24, 2.45) is 0 Å². The Hall–Kier alpha value is -1.71. The molecule has 0 aliphatic carbocycles. The lowest BCUT2D eigenvalue weighted by molar-refractivity contribution is -0.140. The fraction of sp³-hybridized carbons (Fsp3) is 0.391. The molecule has 2 rings (SSSR count). The fourth-order valence-electron chi connectivity index (χ4n) is 3.42. The number of hydrogen-bond donors (Lipinski definition) is 1. The van der Waals surface area contributed by atoms with Crippen LogP contribution in [0.25, 0.3) is 0 Å². The highest BCUT2D eigenvalue weighted by Gasteiger charge is 2.33. The number of nitrogens with zero attached hydrogens (tertiary/aromatic N) is 2. The van der Waals surface area contributed by atoms with E-state index < -0.39 is 28.5 Å². The van der Waals surface area contributed by atoms with Gasteiger partial charge in [0.2, 0.25) is 21.8 Å². The van der Waals surface area contributed by atoms with E-state index in [4.69, 9.17) is 46.4 Å². The van der Waals surface area contributed by atoms with Gasteiger partial charge < -0.3 is 10.2 Å². The SMILES string of the molecule is CCCNC(=O)[C@@H](CC)N(Cc1c(Cl)cccc1Cl)C(=O)CN(c1cccc(Cl)c1Cl)S(C)(=O)=O. The van der Waals surface area contributed by atoms with E-state index in [1.54, 1.807) is 25.1 Å². The number of rotatable bonds is 11. The minimum Gasteiger partial charge on any atom is -0.354 e. The van der Waals surface area contributed by atoms with E-state index >= 15 is 0 Å². The predicted molar refractivity (Wildman–Crippen MR) is 143 cm³/mol. The van der Waals surface area contributed by atoms with Crippen LogP contribution in [0.2, 0.25) is 20.1 Å². The zero-order valence-electron chi connectivity index (χ0n) is 19.5. The summed E-state index contributed by atoms with van der Waals surface area (Å²) in [4.78, 5) is 27.9. The molecule has 0 aliphatic rings. The molecular weight excluding hydrogens is 556 g/mol. The maximum Gasteiger partial charge on any atom is 0.244 e.